The Kier molecular flexibility index (Phi) is 6.25. The van der Waals surface area contributed by atoms with E-state index in [0.717, 1.165) is 22.6 Å². The van der Waals surface area contributed by atoms with Gasteiger partial charge in [-0.15, -0.1) is 0 Å². The van der Waals surface area contributed by atoms with Gasteiger partial charge in [-0.1, -0.05) is 129 Å². The number of rotatable bonds is 4. The molecule has 0 fully saturated rings. The molecule has 0 amide bonds. The molecule has 0 saturated heterocycles. The average molecular weight is 639 g/mol. The van der Waals surface area contributed by atoms with Crippen molar-refractivity contribution in [1.82, 2.24) is 4.98 Å². The molecule has 50 heavy (non-hydrogen) atoms. The molecule has 8 aromatic rings. The monoisotopic (exact) mass is 638 g/mol. The van der Waals surface area contributed by atoms with E-state index in [1.54, 1.807) is 0 Å². The van der Waals surface area contributed by atoms with Gasteiger partial charge in [-0.25, -0.2) is 0 Å². The maximum absolute atomic E-state index is 4.61. The quantitative estimate of drug-likeness (QED) is 0.191. The van der Waals surface area contributed by atoms with E-state index in [-0.39, 0.29) is 5.41 Å². The van der Waals surface area contributed by atoms with Crippen LogP contribution in [-0.2, 0) is 5.41 Å². The molecule has 7 aromatic carbocycles. The summed E-state index contributed by atoms with van der Waals surface area (Å²) in [5.74, 6) is 0. The summed E-state index contributed by atoms with van der Waals surface area (Å²) < 4.78 is 0. The lowest BCUT2D eigenvalue weighted by Gasteiger charge is -2.29. The Balaban J connectivity index is 1.19. The van der Waals surface area contributed by atoms with Crippen molar-refractivity contribution in [2.24, 2.45) is 0 Å². The molecule has 2 aliphatic carbocycles. The fourth-order valence-corrected chi connectivity index (χ4v) is 8.47. The molecule has 0 atom stereocenters. The van der Waals surface area contributed by atoms with Gasteiger partial charge in [-0.2, -0.15) is 0 Å². The standard InChI is InChI=1S/C48H34N2/c1-48(2)45-17-7-6-14-39(45)40-25-23-36(29-46(40)48)50(34-20-18-32(19-21-34)31-10-4-3-5-11-31)35-22-24-37-41-15-8-12-33-13-9-16-42(47(33)41)44-30-49-27-26-38(44)43(37)28-35/h3-30H,1-2H3. The van der Waals surface area contributed by atoms with Crippen LogP contribution in [0.2, 0.25) is 0 Å². The van der Waals surface area contributed by atoms with Crippen LogP contribution in [0.25, 0.3) is 66.4 Å². The van der Waals surface area contributed by atoms with Crippen molar-refractivity contribution in [1.29, 1.82) is 0 Å². The Hall–Kier alpha value is -6.25. The summed E-state index contributed by atoms with van der Waals surface area (Å²) in [7, 11) is 0. The molecule has 236 valence electrons. The predicted octanol–water partition coefficient (Wildman–Crippen LogP) is 13.0. The molecule has 0 aliphatic heterocycles. The first-order valence-electron chi connectivity index (χ1n) is 17.4. The van der Waals surface area contributed by atoms with E-state index in [2.05, 4.69) is 181 Å². The Bertz CT molecular complexity index is 2610. The summed E-state index contributed by atoms with van der Waals surface area (Å²) in [6.45, 7) is 4.71. The van der Waals surface area contributed by atoms with E-state index in [4.69, 9.17) is 0 Å². The number of pyridine rings is 1. The summed E-state index contributed by atoms with van der Waals surface area (Å²) in [6, 6.07) is 58.0. The summed E-state index contributed by atoms with van der Waals surface area (Å²) in [6.07, 6.45) is 3.95. The van der Waals surface area contributed by atoms with Crippen LogP contribution < -0.4 is 4.90 Å². The third kappa shape index (κ3) is 4.25. The van der Waals surface area contributed by atoms with Gasteiger partial charge in [0.2, 0.25) is 0 Å². The number of hydrogen-bond acceptors (Lipinski definition) is 2. The molecule has 0 N–H and O–H groups in total. The second-order valence-corrected chi connectivity index (χ2v) is 14.0. The summed E-state index contributed by atoms with van der Waals surface area (Å²) in [5, 5.41) is 2.53. The summed E-state index contributed by atoms with van der Waals surface area (Å²) in [5.41, 5.74) is 18.4. The Morgan fingerprint density at radius 2 is 1.02 bits per heavy atom. The van der Waals surface area contributed by atoms with Gasteiger partial charge in [0.05, 0.1) is 0 Å². The topological polar surface area (TPSA) is 16.1 Å². The van der Waals surface area contributed by atoms with Crippen LogP contribution in [0.5, 0.6) is 0 Å². The fraction of sp³-hybridized carbons (Fsp3) is 0.0625. The zero-order chi connectivity index (χ0) is 33.4. The smallest absolute Gasteiger partial charge is 0.0468 e. The molecule has 2 aliphatic rings. The molecule has 0 saturated carbocycles. The number of aromatic nitrogens is 1. The highest BCUT2D eigenvalue weighted by atomic mass is 15.1. The lowest BCUT2D eigenvalue weighted by atomic mass is 9.82. The van der Waals surface area contributed by atoms with Crippen molar-refractivity contribution in [3.05, 3.63) is 181 Å². The fourth-order valence-electron chi connectivity index (χ4n) is 8.47. The van der Waals surface area contributed by atoms with E-state index in [1.165, 1.54) is 72.0 Å². The van der Waals surface area contributed by atoms with Gasteiger partial charge < -0.3 is 4.90 Å². The van der Waals surface area contributed by atoms with Crippen molar-refractivity contribution in [2.45, 2.75) is 19.3 Å². The first kappa shape index (κ1) is 28.7. The van der Waals surface area contributed by atoms with E-state index < -0.39 is 0 Å². The van der Waals surface area contributed by atoms with Crippen molar-refractivity contribution >= 4 is 27.8 Å². The van der Waals surface area contributed by atoms with Gasteiger partial charge in [0.1, 0.15) is 0 Å². The molecule has 1 heterocycles. The molecule has 0 spiro atoms. The van der Waals surface area contributed by atoms with E-state index in [9.17, 15) is 0 Å². The number of benzene rings is 7. The molecule has 0 bridgehead atoms. The summed E-state index contributed by atoms with van der Waals surface area (Å²) in [4.78, 5) is 7.04. The number of nitrogens with zero attached hydrogens (tertiary/aromatic N) is 2. The third-order valence-electron chi connectivity index (χ3n) is 10.9. The maximum Gasteiger partial charge on any atom is 0.0468 e. The number of hydrogen-bond donors (Lipinski definition) is 0. The zero-order valence-corrected chi connectivity index (χ0v) is 28.1. The van der Waals surface area contributed by atoms with Crippen LogP contribution in [0.3, 0.4) is 0 Å². The van der Waals surface area contributed by atoms with E-state index in [1.807, 2.05) is 12.4 Å². The molecular weight excluding hydrogens is 605 g/mol. The Morgan fingerprint density at radius 3 is 1.82 bits per heavy atom. The molecule has 0 unspecified atom stereocenters. The Labute approximate surface area is 293 Å². The Morgan fingerprint density at radius 1 is 0.420 bits per heavy atom. The minimum absolute atomic E-state index is 0.102. The lowest BCUT2D eigenvalue weighted by Crippen LogP contribution is -2.16. The van der Waals surface area contributed by atoms with Crippen molar-refractivity contribution in [3.63, 3.8) is 0 Å². The first-order valence-corrected chi connectivity index (χ1v) is 17.4. The number of anilines is 3. The zero-order valence-electron chi connectivity index (χ0n) is 28.1. The van der Waals surface area contributed by atoms with Gasteiger partial charge in [0.25, 0.3) is 0 Å². The van der Waals surface area contributed by atoms with Crippen LogP contribution in [0.1, 0.15) is 25.0 Å². The van der Waals surface area contributed by atoms with Crippen molar-refractivity contribution < 1.29 is 0 Å². The van der Waals surface area contributed by atoms with Crippen LogP contribution in [0.4, 0.5) is 17.1 Å². The van der Waals surface area contributed by atoms with E-state index in [0.29, 0.717) is 0 Å². The second kappa shape index (κ2) is 10.9. The molecule has 10 rings (SSSR count). The van der Waals surface area contributed by atoms with Gasteiger partial charge in [0, 0.05) is 40.4 Å². The third-order valence-corrected chi connectivity index (χ3v) is 10.9. The van der Waals surface area contributed by atoms with Crippen LogP contribution in [0.15, 0.2) is 170 Å². The van der Waals surface area contributed by atoms with Crippen LogP contribution in [-0.4, -0.2) is 4.98 Å². The SMILES string of the molecule is CC1(C)c2ccccc2-c2ccc(N(c3ccc(-c4ccccc4)cc3)c3ccc4c(c3)-c3ccncc3-c3cccc5cccc-4c35)cc21. The molecule has 1 aromatic heterocycles. The minimum Gasteiger partial charge on any atom is -0.310 e. The molecule has 2 nitrogen and oxygen atoms in total. The van der Waals surface area contributed by atoms with Crippen molar-refractivity contribution in [3.8, 4) is 55.6 Å². The first-order chi connectivity index (χ1) is 24.6. The van der Waals surface area contributed by atoms with Gasteiger partial charge in [-0.05, 0) is 114 Å². The molecule has 0 radical (unpaired) electrons. The predicted molar refractivity (Wildman–Crippen MR) is 209 cm³/mol. The second-order valence-electron chi connectivity index (χ2n) is 14.0. The average Bonchev–Trinajstić information content (AvgIpc) is 3.32. The maximum atomic E-state index is 4.61. The van der Waals surface area contributed by atoms with Gasteiger partial charge in [0.15, 0.2) is 0 Å². The lowest BCUT2D eigenvalue weighted by molar-refractivity contribution is 0.660. The molecule has 2 heteroatoms. The molecular formula is C48H34N2. The van der Waals surface area contributed by atoms with Gasteiger partial charge >= 0.3 is 0 Å². The van der Waals surface area contributed by atoms with Gasteiger partial charge in [-0.3, -0.25) is 4.98 Å². The largest absolute Gasteiger partial charge is 0.310 e. The highest BCUT2D eigenvalue weighted by Crippen LogP contribution is 2.52. The van der Waals surface area contributed by atoms with Crippen LogP contribution in [0, 0.1) is 0 Å². The highest BCUT2D eigenvalue weighted by Gasteiger charge is 2.36. The normalized spacial score (nSPS) is 13.2. The summed E-state index contributed by atoms with van der Waals surface area (Å²) >= 11 is 0. The van der Waals surface area contributed by atoms with Crippen molar-refractivity contribution in [2.75, 3.05) is 4.90 Å². The minimum atomic E-state index is -0.102. The van der Waals surface area contributed by atoms with E-state index >= 15 is 0 Å². The van der Waals surface area contributed by atoms with Crippen LogP contribution >= 0.6 is 0 Å². The number of fused-ring (bicyclic) bond motifs is 8. The highest BCUT2D eigenvalue weighted by molar-refractivity contribution is 6.13.